The maximum Gasteiger partial charge on any atom is -0.0295 e. The average molecular weight is 224 g/mol. The summed E-state index contributed by atoms with van der Waals surface area (Å²) in [6.45, 7) is 17.0. The Bertz CT molecular complexity index is 216. The lowest BCUT2D eigenvalue weighted by atomic mass is 9.47. The maximum atomic E-state index is 2.47. The summed E-state index contributed by atoms with van der Waals surface area (Å²) in [6.07, 6.45) is 4.18. The van der Waals surface area contributed by atoms with Crippen LogP contribution in [0, 0.1) is 35.0 Å². The van der Waals surface area contributed by atoms with Gasteiger partial charge in [0.05, 0.1) is 0 Å². The van der Waals surface area contributed by atoms with Crippen LogP contribution in [0.3, 0.4) is 0 Å². The van der Waals surface area contributed by atoms with Crippen LogP contribution in [0.4, 0.5) is 0 Å². The Hall–Kier alpha value is 0. The second-order valence-corrected chi connectivity index (χ2v) is 7.05. The molecule has 1 aliphatic rings. The molecule has 0 saturated heterocycles. The van der Waals surface area contributed by atoms with Crippen LogP contribution in [0.2, 0.25) is 0 Å². The van der Waals surface area contributed by atoms with Crippen molar-refractivity contribution in [1.82, 2.24) is 0 Å². The predicted octanol–water partition coefficient (Wildman–Crippen LogP) is 5.38. The minimum Gasteiger partial charge on any atom is -0.0654 e. The van der Waals surface area contributed by atoms with E-state index in [9.17, 15) is 0 Å². The maximum absolute atomic E-state index is 2.47. The first-order valence-electron chi connectivity index (χ1n) is 7.32. The zero-order valence-corrected chi connectivity index (χ0v) is 12.5. The van der Waals surface area contributed by atoms with E-state index in [1.54, 1.807) is 0 Å². The molecule has 0 amide bonds. The van der Waals surface area contributed by atoms with Gasteiger partial charge in [0.25, 0.3) is 0 Å². The molecule has 1 saturated carbocycles. The van der Waals surface area contributed by atoms with Crippen LogP contribution in [0.25, 0.3) is 0 Å². The van der Waals surface area contributed by atoms with Crippen LogP contribution in [-0.4, -0.2) is 0 Å². The predicted molar refractivity (Wildman–Crippen MR) is 73.5 cm³/mol. The highest BCUT2D eigenvalue weighted by Crippen LogP contribution is 2.57. The molecule has 5 unspecified atom stereocenters. The van der Waals surface area contributed by atoms with Crippen molar-refractivity contribution in [3.63, 3.8) is 0 Å². The molecule has 0 N–H and O–H groups in total. The van der Waals surface area contributed by atoms with Crippen LogP contribution in [0.15, 0.2) is 0 Å². The third-order valence-electron chi connectivity index (χ3n) is 5.89. The molecule has 0 nitrogen and oxygen atoms in total. The summed E-state index contributed by atoms with van der Waals surface area (Å²) in [5, 5.41) is 0. The Morgan fingerprint density at radius 1 is 1.06 bits per heavy atom. The second-order valence-electron chi connectivity index (χ2n) is 7.05. The first-order chi connectivity index (χ1) is 7.32. The van der Waals surface area contributed by atoms with Gasteiger partial charge in [-0.05, 0) is 41.4 Å². The average Bonchev–Trinajstić information content (AvgIpc) is 2.24. The fraction of sp³-hybridized carbons (Fsp3) is 1.00. The number of rotatable bonds is 5. The fourth-order valence-corrected chi connectivity index (χ4v) is 3.81. The Labute approximate surface area is 103 Å². The standard InChI is InChI=1S/C16H32/c1-8-9-11(2)12(3)10-15-13(4)14(5)16(15,6)7/h11-15H,8-10H2,1-7H3. The monoisotopic (exact) mass is 224 g/mol. The van der Waals surface area contributed by atoms with Crippen molar-refractivity contribution in [2.75, 3.05) is 0 Å². The fourth-order valence-electron chi connectivity index (χ4n) is 3.81. The van der Waals surface area contributed by atoms with E-state index >= 15 is 0 Å². The minimum atomic E-state index is 0.583. The molecule has 0 aliphatic heterocycles. The van der Waals surface area contributed by atoms with Gasteiger partial charge in [-0.25, -0.2) is 0 Å². The van der Waals surface area contributed by atoms with Crippen LogP contribution in [0.5, 0.6) is 0 Å². The van der Waals surface area contributed by atoms with Gasteiger partial charge in [0.2, 0.25) is 0 Å². The number of hydrogen-bond donors (Lipinski definition) is 0. The lowest BCUT2D eigenvalue weighted by molar-refractivity contribution is -0.0909. The summed E-state index contributed by atoms with van der Waals surface area (Å²) in [4.78, 5) is 0. The first kappa shape index (κ1) is 14.1. The molecule has 1 fully saturated rings. The van der Waals surface area contributed by atoms with Crippen molar-refractivity contribution >= 4 is 0 Å². The van der Waals surface area contributed by atoms with Gasteiger partial charge in [-0.1, -0.05) is 61.3 Å². The lowest BCUT2D eigenvalue weighted by Crippen LogP contribution is -2.51. The Morgan fingerprint density at radius 3 is 2.06 bits per heavy atom. The van der Waals surface area contributed by atoms with Crippen LogP contribution in [0.1, 0.15) is 67.7 Å². The molecule has 0 aromatic carbocycles. The van der Waals surface area contributed by atoms with Crippen molar-refractivity contribution in [3.05, 3.63) is 0 Å². The molecule has 16 heavy (non-hydrogen) atoms. The molecule has 0 aromatic heterocycles. The molecular weight excluding hydrogens is 192 g/mol. The molecule has 5 atom stereocenters. The largest absolute Gasteiger partial charge is 0.0654 e. The minimum absolute atomic E-state index is 0.583. The van der Waals surface area contributed by atoms with Gasteiger partial charge in [-0.15, -0.1) is 0 Å². The smallest absolute Gasteiger partial charge is 0.0295 e. The van der Waals surface area contributed by atoms with Crippen molar-refractivity contribution in [3.8, 4) is 0 Å². The van der Waals surface area contributed by atoms with E-state index in [0.717, 1.165) is 29.6 Å². The highest BCUT2D eigenvalue weighted by Gasteiger charge is 2.51. The van der Waals surface area contributed by atoms with Gasteiger partial charge in [0, 0.05) is 0 Å². The molecule has 0 aromatic rings. The summed E-state index contributed by atoms with van der Waals surface area (Å²) < 4.78 is 0. The van der Waals surface area contributed by atoms with E-state index < -0.39 is 0 Å². The van der Waals surface area contributed by atoms with E-state index in [-0.39, 0.29) is 0 Å². The third kappa shape index (κ3) is 2.46. The van der Waals surface area contributed by atoms with Gasteiger partial charge in [-0.3, -0.25) is 0 Å². The molecule has 0 bridgehead atoms. The van der Waals surface area contributed by atoms with Crippen molar-refractivity contribution in [1.29, 1.82) is 0 Å². The van der Waals surface area contributed by atoms with Crippen molar-refractivity contribution in [2.24, 2.45) is 35.0 Å². The molecule has 1 aliphatic carbocycles. The van der Waals surface area contributed by atoms with E-state index in [4.69, 9.17) is 0 Å². The lowest BCUT2D eigenvalue weighted by Gasteiger charge is -2.58. The topological polar surface area (TPSA) is 0 Å². The SMILES string of the molecule is CCCC(C)C(C)CC1C(C)C(C)C1(C)C. The van der Waals surface area contributed by atoms with Gasteiger partial charge in [-0.2, -0.15) is 0 Å². The highest BCUT2D eigenvalue weighted by molar-refractivity contribution is 4.99. The zero-order chi connectivity index (χ0) is 12.5. The van der Waals surface area contributed by atoms with Crippen LogP contribution in [-0.2, 0) is 0 Å². The van der Waals surface area contributed by atoms with Gasteiger partial charge in [0.15, 0.2) is 0 Å². The summed E-state index contributed by atoms with van der Waals surface area (Å²) >= 11 is 0. The zero-order valence-electron chi connectivity index (χ0n) is 12.5. The van der Waals surface area contributed by atoms with Crippen molar-refractivity contribution < 1.29 is 0 Å². The molecule has 0 heteroatoms. The second kappa shape index (κ2) is 5.10. The summed E-state index contributed by atoms with van der Waals surface area (Å²) in [5.41, 5.74) is 0.583. The van der Waals surface area contributed by atoms with Gasteiger partial charge < -0.3 is 0 Å². The first-order valence-corrected chi connectivity index (χ1v) is 7.32. The molecule has 0 heterocycles. The summed E-state index contributed by atoms with van der Waals surface area (Å²) in [7, 11) is 0. The van der Waals surface area contributed by atoms with Crippen LogP contribution >= 0.6 is 0 Å². The normalized spacial score (nSPS) is 36.6. The Balaban J connectivity index is 2.49. The van der Waals surface area contributed by atoms with Crippen molar-refractivity contribution in [2.45, 2.75) is 67.7 Å². The number of hydrogen-bond acceptors (Lipinski definition) is 0. The third-order valence-corrected chi connectivity index (χ3v) is 5.89. The molecule has 96 valence electrons. The van der Waals surface area contributed by atoms with E-state index in [2.05, 4.69) is 48.5 Å². The molecule has 0 spiro atoms. The quantitative estimate of drug-likeness (QED) is 0.588. The summed E-state index contributed by atoms with van der Waals surface area (Å²) in [5.74, 6) is 4.61. The Kier molecular flexibility index (Phi) is 4.49. The molecule has 0 radical (unpaired) electrons. The Morgan fingerprint density at radius 2 is 1.62 bits per heavy atom. The van der Waals surface area contributed by atoms with E-state index in [0.29, 0.717) is 5.41 Å². The summed E-state index contributed by atoms with van der Waals surface area (Å²) in [6, 6.07) is 0. The van der Waals surface area contributed by atoms with E-state index in [1.807, 2.05) is 0 Å². The van der Waals surface area contributed by atoms with Crippen LogP contribution < -0.4 is 0 Å². The molecular formula is C16H32. The molecule has 1 rings (SSSR count). The highest BCUT2D eigenvalue weighted by atomic mass is 14.6. The van der Waals surface area contributed by atoms with E-state index in [1.165, 1.54) is 19.3 Å². The van der Waals surface area contributed by atoms with Gasteiger partial charge >= 0.3 is 0 Å². The van der Waals surface area contributed by atoms with Gasteiger partial charge in [0.1, 0.15) is 0 Å².